The van der Waals surface area contributed by atoms with E-state index in [-0.39, 0.29) is 42.8 Å². The summed E-state index contributed by atoms with van der Waals surface area (Å²) in [5.41, 5.74) is -2.74. The Morgan fingerprint density at radius 3 is 2.02 bits per heavy atom. The zero-order valence-corrected chi connectivity index (χ0v) is 28.8. The molecule has 0 bridgehead atoms. The summed E-state index contributed by atoms with van der Waals surface area (Å²) in [7, 11) is 0. The van der Waals surface area contributed by atoms with E-state index >= 15 is 0 Å². The minimum atomic E-state index is -5.01. The highest BCUT2D eigenvalue weighted by atomic mass is 19.4. The van der Waals surface area contributed by atoms with Crippen molar-refractivity contribution in [2.45, 2.75) is 96.1 Å². The van der Waals surface area contributed by atoms with Gasteiger partial charge in [0.2, 0.25) is 5.95 Å². The molecule has 2 aromatic carbocycles. The van der Waals surface area contributed by atoms with Gasteiger partial charge in [-0.05, 0) is 69.5 Å². The van der Waals surface area contributed by atoms with E-state index < -0.39 is 47.2 Å². The van der Waals surface area contributed by atoms with Gasteiger partial charge in [0.15, 0.2) is 0 Å². The van der Waals surface area contributed by atoms with E-state index in [1.807, 2.05) is 17.9 Å². The average Bonchev–Trinajstić information content (AvgIpc) is 3.51. The molecule has 2 atom stereocenters. The molecule has 1 amide bonds. The Morgan fingerprint density at radius 1 is 0.902 bits per heavy atom. The molecule has 2 fully saturated rings. The number of rotatable bonds is 8. The smallest absolute Gasteiger partial charge is 0.416 e. The first kappa shape index (κ1) is 37.7. The van der Waals surface area contributed by atoms with Crippen molar-refractivity contribution in [1.29, 1.82) is 0 Å². The molecule has 15 heteroatoms. The van der Waals surface area contributed by atoms with E-state index in [4.69, 9.17) is 9.47 Å². The minimum absolute atomic E-state index is 0.0855. The van der Waals surface area contributed by atoms with Crippen molar-refractivity contribution < 1.29 is 45.4 Å². The van der Waals surface area contributed by atoms with Crippen LogP contribution in [0.5, 0.6) is 0 Å². The zero-order valence-electron chi connectivity index (χ0n) is 28.8. The van der Waals surface area contributed by atoms with Gasteiger partial charge in [-0.15, -0.1) is 0 Å². The van der Waals surface area contributed by atoms with Gasteiger partial charge in [-0.1, -0.05) is 25.1 Å². The molecular formula is C36H41F6N5O4. The van der Waals surface area contributed by atoms with E-state index in [1.165, 1.54) is 0 Å². The summed E-state index contributed by atoms with van der Waals surface area (Å²) in [5.74, 6) is -0.310. The molecule has 2 saturated heterocycles. The second-order valence-corrected chi connectivity index (χ2v) is 13.8. The van der Waals surface area contributed by atoms with Crippen LogP contribution in [0.25, 0.3) is 0 Å². The summed E-state index contributed by atoms with van der Waals surface area (Å²) in [6.45, 7) is 7.86. The molecule has 0 radical (unpaired) electrons. The third kappa shape index (κ3) is 9.61. The number of hydrogen-bond acceptors (Lipinski definition) is 8. The molecule has 0 N–H and O–H groups in total. The fourth-order valence-corrected chi connectivity index (χ4v) is 6.37. The number of alkyl halides is 6. The average molecular weight is 722 g/mol. The van der Waals surface area contributed by atoms with E-state index in [1.54, 1.807) is 67.2 Å². The normalized spacial score (nSPS) is 18.9. The molecule has 0 aliphatic carbocycles. The standard InChI is InChI=1S/C36H41F6N5O4/c1-5-27-18-28(22-47(27)33(49)51-34(2,3)4)46(21-23-15-25(35(37,38)39)17-26(16-23)36(40,41)42)32-43-19-29(20-44-32)45-13-11-30(12-14-45)50-31(48)24-9-7-6-8-10-24/h6-10,15-17,19-20,27-28,30H,5,11-14,18,21-22H2,1-4H3/t27-,28+/m1/s1. The number of nitrogens with zero attached hydrogens (tertiary/aromatic N) is 5. The molecule has 2 aliphatic heterocycles. The van der Waals surface area contributed by atoms with Gasteiger partial charge in [-0.3, -0.25) is 0 Å². The molecule has 0 saturated carbocycles. The van der Waals surface area contributed by atoms with Crippen LogP contribution in [0.1, 0.15) is 80.4 Å². The number of esters is 1. The molecular weight excluding hydrogens is 680 g/mol. The molecule has 5 rings (SSSR count). The van der Waals surface area contributed by atoms with Gasteiger partial charge in [0.25, 0.3) is 0 Å². The number of benzene rings is 2. The van der Waals surface area contributed by atoms with Crippen LogP contribution in [0.3, 0.4) is 0 Å². The van der Waals surface area contributed by atoms with E-state index in [0.717, 1.165) is 0 Å². The van der Waals surface area contributed by atoms with Crippen molar-refractivity contribution in [2.24, 2.45) is 0 Å². The number of carbonyl (C=O) groups is 2. The van der Waals surface area contributed by atoms with Gasteiger partial charge < -0.3 is 24.2 Å². The predicted molar refractivity (Wildman–Crippen MR) is 177 cm³/mol. The van der Waals surface area contributed by atoms with E-state index in [0.29, 0.717) is 62.2 Å². The predicted octanol–water partition coefficient (Wildman–Crippen LogP) is 8.13. The van der Waals surface area contributed by atoms with Crippen LogP contribution in [-0.4, -0.2) is 70.4 Å². The molecule has 0 unspecified atom stereocenters. The monoisotopic (exact) mass is 721 g/mol. The fraction of sp³-hybridized carbons (Fsp3) is 0.500. The Balaban J connectivity index is 1.39. The topological polar surface area (TPSA) is 88.1 Å². The highest BCUT2D eigenvalue weighted by Gasteiger charge is 2.41. The summed E-state index contributed by atoms with van der Waals surface area (Å²) in [6, 6.07) is 9.35. The Hall–Kier alpha value is -4.56. The lowest BCUT2D eigenvalue weighted by Gasteiger charge is -2.33. The van der Waals surface area contributed by atoms with Gasteiger partial charge >= 0.3 is 24.4 Å². The minimum Gasteiger partial charge on any atom is -0.459 e. The summed E-state index contributed by atoms with van der Waals surface area (Å²) >= 11 is 0. The van der Waals surface area contributed by atoms with Crippen LogP contribution in [0.4, 0.5) is 42.8 Å². The van der Waals surface area contributed by atoms with Crippen molar-refractivity contribution >= 4 is 23.7 Å². The molecule has 2 aliphatic rings. The van der Waals surface area contributed by atoms with Crippen LogP contribution in [0.15, 0.2) is 60.9 Å². The summed E-state index contributed by atoms with van der Waals surface area (Å²) in [6.07, 6.45) is -5.74. The van der Waals surface area contributed by atoms with Crippen molar-refractivity contribution in [2.75, 3.05) is 29.4 Å². The van der Waals surface area contributed by atoms with Crippen LogP contribution >= 0.6 is 0 Å². The number of piperidine rings is 1. The maximum atomic E-state index is 13.8. The third-order valence-corrected chi connectivity index (χ3v) is 8.90. The zero-order chi connectivity index (χ0) is 37.1. The van der Waals surface area contributed by atoms with Gasteiger partial charge in [0, 0.05) is 45.1 Å². The number of carbonyl (C=O) groups excluding carboxylic acids is 2. The molecule has 3 heterocycles. The van der Waals surface area contributed by atoms with Crippen molar-refractivity contribution in [1.82, 2.24) is 14.9 Å². The number of aromatic nitrogens is 2. The SMILES string of the molecule is CC[C@@H]1C[C@H](N(Cc2cc(C(F)(F)F)cc(C(F)(F)F)c2)c2ncc(N3CCC(OC(=O)c4ccccc4)CC3)cn2)CN1C(=O)OC(C)(C)C. The number of ether oxygens (including phenoxy) is 2. The van der Waals surface area contributed by atoms with Gasteiger partial charge in [-0.2, -0.15) is 26.3 Å². The second kappa shape index (κ2) is 15.0. The van der Waals surface area contributed by atoms with Crippen LogP contribution in [-0.2, 0) is 28.4 Å². The van der Waals surface area contributed by atoms with Crippen LogP contribution in [0, 0.1) is 0 Å². The number of likely N-dealkylation sites (tertiary alicyclic amines) is 1. The lowest BCUT2D eigenvalue weighted by Crippen LogP contribution is -2.42. The summed E-state index contributed by atoms with van der Waals surface area (Å²) in [4.78, 5) is 39.8. The number of amides is 1. The lowest BCUT2D eigenvalue weighted by molar-refractivity contribution is -0.143. The Kier molecular flexibility index (Phi) is 11.1. The highest BCUT2D eigenvalue weighted by molar-refractivity contribution is 5.89. The Bertz CT molecular complexity index is 1620. The van der Waals surface area contributed by atoms with Gasteiger partial charge in [0.1, 0.15) is 11.7 Å². The molecule has 276 valence electrons. The van der Waals surface area contributed by atoms with Crippen LogP contribution < -0.4 is 9.80 Å². The highest BCUT2D eigenvalue weighted by Crippen LogP contribution is 2.38. The molecule has 0 spiro atoms. The summed E-state index contributed by atoms with van der Waals surface area (Å²) < 4.78 is 93.8. The van der Waals surface area contributed by atoms with Crippen molar-refractivity contribution in [3.05, 3.63) is 83.2 Å². The van der Waals surface area contributed by atoms with Crippen molar-refractivity contribution in [3.8, 4) is 0 Å². The van der Waals surface area contributed by atoms with Gasteiger partial charge in [-0.25, -0.2) is 19.6 Å². The molecule has 51 heavy (non-hydrogen) atoms. The van der Waals surface area contributed by atoms with E-state index in [9.17, 15) is 35.9 Å². The largest absolute Gasteiger partial charge is 0.459 e. The van der Waals surface area contributed by atoms with Crippen LogP contribution in [0.2, 0.25) is 0 Å². The first-order valence-corrected chi connectivity index (χ1v) is 16.8. The molecule has 9 nitrogen and oxygen atoms in total. The third-order valence-electron chi connectivity index (χ3n) is 8.90. The van der Waals surface area contributed by atoms with Crippen molar-refractivity contribution in [3.63, 3.8) is 0 Å². The maximum absolute atomic E-state index is 13.8. The summed E-state index contributed by atoms with van der Waals surface area (Å²) in [5, 5.41) is 0. The quantitative estimate of drug-likeness (QED) is 0.170. The first-order chi connectivity index (χ1) is 23.9. The molecule has 3 aromatic rings. The van der Waals surface area contributed by atoms with Gasteiger partial charge in [0.05, 0.1) is 40.8 Å². The Morgan fingerprint density at radius 2 is 1.49 bits per heavy atom. The lowest BCUT2D eigenvalue weighted by atomic mass is 10.0. The molecule has 1 aromatic heterocycles. The number of anilines is 2. The maximum Gasteiger partial charge on any atom is 0.416 e. The number of halogens is 6. The second-order valence-electron chi connectivity index (χ2n) is 13.8. The Labute approximate surface area is 292 Å². The van der Waals surface area contributed by atoms with E-state index in [2.05, 4.69) is 9.97 Å². The first-order valence-electron chi connectivity index (χ1n) is 16.8. The fourth-order valence-electron chi connectivity index (χ4n) is 6.37. The number of hydrogen-bond donors (Lipinski definition) is 0.